The standard InChI is InChI=1S/C12H14F3NO2/c1-11(7-16,6-10(17)18)8-4-2-3-5-9(8)12(13,14)15/h2-5H,6-7,16H2,1H3,(H,17,18). The number of benzene rings is 1. The molecule has 1 aromatic rings. The fourth-order valence-electron chi connectivity index (χ4n) is 1.87. The predicted molar refractivity (Wildman–Crippen MR) is 60.1 cm³/mol. The minimum absolute atomic E-state index is 0.0811. The van der Waals surface area contributed by atoms with Crippen molar-refractivity contribution in [2.45, 2.75) is 24.9 Å². The average molecular weight is 261 g/mol. The van der Waals surface area contributed by atoms with E-state index in [0.29, 0.717) is 0 Å². The van der Waals surface area contributed by atoms with Crippen molar-refractivity contribution in [2.24, 2.45) is 5.73 Å². The molecule has 100 valence electrons. The van der Waals surface area contributed by atoms with Gasteiger partial charge in [-0.25, -0.2) is 0 Å². The van der Waals surface area contributed by atoms with E-state index in [2.05, 4.69) is 0 Å². The highest BCUT2D eigenvalue weighted by atomic mass is 19.4. The van der Waals surface area contributed by atoms with E-state index < -0.39 is 29.5 Å². The number of alkyl halides is 3. The van der Waals surface area contributed by atoms with Gasteiger partial charge in [0.2, 0.25) is 0 Å². The molecule has 18 heavy (non-hydrogen) atoms. The van der Waals surface area contributed by atoms with Crippen molar-refractivity contribution in [3.8, 4) is 0 Å². The first-order valence-electron chi connectivity index (χ1n) is 5.29. The van der Waals surface area contributed by atoms with Crippen LogP contribution in [0.4, 0.5) is 13.2 Å². The zero-order valence-electron chi connectivity index (χ0n) is 9.79. The normalized spacial score (nSPS) is 15.2. The molecule has 0 aromatic heterocycles. The van der Waals surface area contributed by atoms with E-state index in [9.17, 15) is 18.0 Å². The van der Waals surface area contributed by atoms with Crippen molar-refractivity contribution in [1.29, 1.82) is 0 Å². The molecular weight excluding hydrogens is 247 g/mol. The molecule has 1 rings (SSSR count). The average Bonchev–Trinajstić information content (AvgIpc) is 2.27. The summed E-state index contributed by atoms with van der Waals surface area (Å²) in [5.74, 6) is -1.18. The van der Waals surface area contributed by atoms with Gasteiger partial charge in [-0.2, -0.15) is 13.2 Å². The molecule has 0 amide bonds. The molecule has 3 N–H and O–H groups in total. The third-order valence-corrected chi connectivity index (χ3v) is 2.87. The monoisotopic (exact) mass is 261 g/mol. The summed E-state index contributed by atoms with van der Waals surface area (Å²) in [5.41, 5.74) is 3.32. The fourth-order valence-corrected chi connectivity index (χ4v) is 1.87. The van der Waals surface area contributed by atoms with E-state index in [1.54, 1.807) is 0 Å². The molecule has 0 aliphatic heterocycles. The first-order chi connectivity index (χ1) is 8.20. The van der Waals surface area contributed by atoms with E-state index in [-0.39, 0.29) is 12.1 Å². The molecule has 0 saturated heterocycles. The van der Waals surface area contributed by atoms with Crippen LogP contribution >= 0.6 is 0 Å². The van der Waals surface area contributed by atoms with E-state index in [1.807, 2.05) is 0 Å². The van der Waals surface area contributed by atoms with Crippen molar-refractivity contribution in [1.82, 2.24) is 0 Å². The zero-order chi connectivity index (χ0) is 14.0. The molecule has 0 fully saturated rings. The highest BCUT2D eigenvalue weighted by Gasteiger charge is 2.39. The van der Waals surface area contributed by atoms with Gasteiger partial charge in [0.25, 0.3) is 0 Å². The summed E-state index contributed by atoms with van der Waals surface area (Å²) in [5, 5.41) is 8.80. The number of nitrogens with two attached hydrogens (primary N) is 1. The second kappa shape index (κ2) is 4.97. The Labute approximate surface area is 102 Å². The molecule has 0 aliphatic rings. The van der Waals surface area contributed by atoms with Crippen LogP contribution in [0.25, 0.3) is 0 Å². The summed E-state index contributed by atoms with van der Waals surface area (Å²) in [6, 6.07) is 4.92. The number of halogens is 3. The van der Waals surface area contributed by atoms with Crippen LogP contribution in [0.3, 0.4) is 0 Å². The van der Waals surface area contributed by atoms with Gasteiger partial charge >= 0.3 is 12.1 Å². The van der Waals surface area contributed by atoms with Gasteiger partial charge in [0.1, 0.15) is 0 Å². The summed E-state index contributed by atoms with van der Waals surface area (Å²) in [4.78, 5) is 10.8. The molecule has 3 nitrogen and oxygen atoms in total. The maximum Gasteiger partial charge on any atom is 0.416 e. The van der Waals surface area contributed by atoms with E-state index >= 15 is 0 Å². The summed E-state index contributed by atoms with van der Waals surface area (Å²) in [6.07, 6.45) is -4.97. The molecule has 0 saturated carbocycles. The Hall–Kier alpha value is -1.56. The number of carbonyl (C=O) groups is 1. The third-order valence-electron chi connectivity index (χ3n) is 2.87. The summed E-state index contributed by atoms with van der Waals surface area (Å²) in [6.45, 7) is 1.25. The van der Waals surface area contributed by atoms with Crippen molar-refractivity contribution in [3.63, 3.8) is 0 Å². The van der Waals surface area contributed by atoms with Gasteiger partial charge in [-0.05, 0) is 11.6 Å². The topological polar surface area (TPSA) is 63.3 Å². The van der Waals surface area contributed by atoms with Gasteiger partial charge in [-0.15, -0.1) is 0 Å². The molecule has 0 bridgehead atoms. The van der Waals surface area contributed by atoms with Gasteiger partial charge in [0.05, 0.1) is 12.0 Å². The van der Waals surface area contributed by atoms with E-state index in [4.69, 9.17) is 10.8 Å². The molecule has 1 atom stereocenters. The largest absolute Gasteiger partial charge is 0.481 e. The summed E-state index contributed by atoms with van der Waals surface area (Å²) >= 11 is 0. The molecule has 0 radical (unpaired) electrons. The lowest BCUT2D eigenvalue weighted by atomic mass is 9.77. The van der Waals surface area contributed by atoms with Crippen LogP contribution in [0, 0.1) is 0 Å². The lowest BCUT2D eigenvalue weighted by Gasteiger charge is -2.29. The highest BCUT2D eigenvalue weighted by molar-refractivity contribution is 5.69. The molecule has 1 unspecified atom stereocenters. The number of hydrogen-bond donors (Lipinski definition) is 2. The lowest BCUT2D eigenvalue weighted by Crippen LogP contribution is -2.36. The molecule has 0 heterocycles. The Morgan fingerprint density at radius 1 is 1.28 bits per heavy atom. The summed E-state index contributed by atoms with van der Waals surface area (Å²) < 4.78 is 38.6. The Morgan fingerprint density at radius 3 is 2.17 bits per heavy atom. The Kier molecular flexibility index (Phi) is 4.01. The molecule has 0 spiro atoms. The number of hydrogen-bond acceptors (Lipinski definition) is 2. The Bertz CT molecular complexity index is 445. The Balaban J connectivity index is 3.34. The maximum atomic E-state index is 12.9. The van der Waals surface area contributed by atoms with Gasteiger partial charge < -0.3 is 10.8 Å². The van der Waals surface area contributed by atoms with Crippen molar-refractivity contribution >= 4 is 5.97 Å². The second-order valence-electron chi connectivity index (χ2n) is 4.38. The Morgan fingerprint density at radius 2 is 1.78 bits per heavy atom. The van der Waals surface area contributed by atoms with Gasteiger partial charge in [-0.3, -0.25) is 4.79 Å². The van der Waals surface area contributed by atoms with Crippen LogP contribution in [0.5, 0.6) is 0 Å². The summed E-state index contributed by atoms with van der Waals surface area (Å²) in [7, 11) is 0. The van der Waals surface area contributed by atoms with Crippen molar-refractivity contribution in [3.05, 3.63) is 35.4 Å². The van der Waals surface area contributed by atoms with Crippen molar-refractivity contribution < 1.29 is 23.1 Å². The van der Waals surface area contributed by atoms with Crippen LogP contribution < -0.4 is 5.73 Å². The highest BCUT2D eigenvalue weighted by Crippen LogP contribution is 2.38. The van der Waals surface area contributed by atoms with Gasteiger partial charge in [0, 0.05) is 12.0 Å². The minimum atomic E-state index is -4.52. The number of carboxylic acid groups (broad SMARTS) is 1. The zero-order valence-corrected chi connectivity index (χ0v) is 9.79. The molecule has 6 heteroatoms. The van der Waals surface area contributed by atoms with E-state index in [0.717, 1.165) is 6.07 Å². The number of aliphatic carboxylic acids is 1. The van der Waals surface area contributed by atoms with Crippen molar-refractivity contribution in [2.75, 3.05) is 6.54 Å². The fraction of sp³-hybridized carbons (Fsp3) is 0.417. The van der Waals surface area contributed by atoms with Crippen LogP contribution in [0.15, 0.2) is 24.3 Å². The second-order valence-corrected chi connectivity index (χ2v) is 4.38. The predicted octanol–water partition coefficient (Wildman–Crippen LogP) is 2.40. The van der Waals surface area contributed by atoms with Gasteiger partial charge in [-0.1, -0.05) is 25.1 Å². The first-order valence-corrected chi connectivity index (χ1v) is 5.29. The smallest absolute Gasteiger partial charge is 0.416 e. The number of carboxylic acids is 1. The number of rotatable bonds is 4. The first kappa shape index (κ1) is 14.5. The van der Waals surface area contributed by atoms with E-state index in [1.165, 1.54) is 25.1 Å². The molecule has 0 aliphatic carbocycles. The van der Waals surface area contributed by atoms with Crippen LogP contribution in [0.1, 0.15) is 24.5 Å². The van der Waals surface area contributed by atoms with Crippen LogP contribution in [-0.4, -0.2) is 17.6 Å². The SMILES string of the molecule is CC(CN)(CC(=O)O)c1ccccc1C(F)(F)F. The minimum Gasteiger partial charge on any atom is -0.481 e. The molecule has 1 aromatic carbocycles. The third kappa shape index (κ3) is 3.01. The van der Waals surface area contributed by atoms with Crippen LogP contribution in [0.2, 0.25) is 0 Å². The quantitative estimate of drug-likeness (QED) is 0.874. The maximum absolute atomic E-state index is 12.9. The van der Waals surface area contributed by atoms with Gasteiger partial charge in [0.15, 0.2) is 0 Å². The molecular formula is C12H14F3NO2. The lowest BCUT2D eigenvalue weighted by molar-refractivity contribution is -0.141. The van der Waals surface area contributed by atoms with Crippen LogP contribution in [-0.2, 0) is 16.4 Å².